The van der Waals surface area contributed by atoms with Crippen LogP contribution < -0.4 is 9.47 Å². The molecule has 160 valence electrons. The van der Waals surface area contributed by atoms with Gasteiger partial charge < -0.3 is 14.4 Å². The Morgan fingerprint density at radius 2 is 1.53 bits per heavy atom. The van der Waals surface area contributed by atoms with Gasteiger partial charge in [-0.3, -0.25) is 4.79 Å². The number of carbonyl (C=O) groups is 1. The fourth-order valence-corrected chi connectivity index (χ4v) is 4.53. The third-order valence-corrected chi connectivity index (χ3v) is 6.68. The number of piperazine rings is 1. The van der Waals surface area contributed by atoms with Gasteiger partial charge in [-0.25, -0.2) is 8.42 Å². The number of sulfonamides is 1. The van der Waals surface area contributed by atoms with Crippen LogP contribution in [0, 0.1) is 6.92 Å². The smallest absolute Gasteiger partial charge is 0.254 e. The van der Waals surface area contributed by atoms with Crippen LogP contribution in [0.25, 0.3) is 6.08 Å². The van der Waals surface area contributed by atoms with Crippen LogP contribution in [0.5, 0.6) is 11.5 Å². The number of ether oxygens (including phenoxy) is 2. The molecule has 1 aliphatic rings. The first-order valence-corrected chi connectivity index (χ1v) is 11.1. The van der Waals surface area contributed by atoms with Crippen LogP contribution in [0.15, 0.2) is 47.9 Å². The van der Waals surface area contributed by atoms with E-state index in [1.807, 2.05) is 37.3 Å². The molecular weight excluding hydrogens is 404 g/mol. The van der Waals surface area contributed by atoms with Crippen molar-refractivity contribution in [2.75, 3.05) is 40.4 Å². The molecule has 1 heterocycles. The second kappa shape index (κ2) is 9.32. The van der Waals surface area contributed by atoms with Crippen molar-refractivity contribution in [3.05, 3.63) is 64.6 Å². The fraction of sp³-hybridized carbons (Fsp3) is 0.318. The Morgan fingerprint density at radius 3 is 2.07 bits per heavy atom. The molecule has 3 rings (SSSR count). The number of rotatable bonds is 6. The van der Waals surface area contributed by atoms with E-state index in [1.165, 1.54) is 9.71 Å². The Labute approximate surface area is 177 Å². The van der Waals surface area contributed by atoms with E-state index in [2.05, 4.69) is 0 Å². The molecule has 2 aromatic carbocycles. The molecule has 1 amide bonds. The lowest BCUT2D eigenvalue weighted by Crippen LogP contribution is -2.50. The van der Waals surface area contributed by atoms with Crippen molar-refractivity contribution in [1.82, 2.24) is 9.21 Å². The van der Waals surface area contributed by atoms with Crippen molar-refractivity contribution in [2.45, 2.75) is 6.92 Å². The molecule has 0 N–H and O–H groups in total. The molecule has 0 radical (unpaired) electrons. The van der Waals surface area contributed by atoms with Crippen LogP contribution in [0.2, 0.25) is 0 Å². The lowest BCUT2D eigenvalue weighted by Gasteiger charge is -2.33. The predicted molar refractivity (Wildman–Crippen MR) is 116 cm³/mol. The first kappa shape index (κ1) is 21.9. The van der Waals surface area contributed by atoms with E-state index < -0.39 is 10.0 Å². The fourth-order valence-electron chi connectivity index (χ4n) is 3.35. The van der Waals surface area contributed by atoms with Crippen molar-refractivity contribution in [2.24, 2.45) is 0 Å². The molecule has 0 aliphatic carbocycles. The molecule has 0 bridgehead atoms. The average molecular weight is 431 g/mol. The molecule has 0 spiro atoms. The lowest BCUT2D eigenvalue weighted by molar-refractivity contribution is 0.0698. The molecule has 1 fully saturated rings. The molecule has 1 aliphatic heterocycles. The Kier molecular flexibility index (Phi) is 6.79. The highest BCUT2D eigenvalue weighted by Gasteiger charge is 2.28. The highest BCUT2D eigenvalue weighted by Crippen LogP contribution is 2.30. The Balaban J connectivity index is 1.68. The van der Waals surface area contributed by atoms with Crippen LogP contribution in [0.4, 0.5) is 0 Å². The van der Waals surface area contributed by atoms with Gasteiger partial charge in [0.15, 0.2) is 0 Å². The summed E-state index contributed by atoms with van der Waals surface area (Å²) in [5, 5.41) is 1.22. The Morgan fingerprint density at radius 1 is 0.967 bits per heavy atom. The normalized spacial score (nSPS) is 15.4. The van der Waals surface area contributed by atoms with Crippen molar-refractivity contribution in [3.63, 3.8) is 0 Å². The van der Waals surface area contributed by atoms with E-state index in [0.717, 1.165) is 11.1 Å². The maximum atomic E-state index is 12.9. The Hall–Kier alpha value is -2.84. The first-order valence-electron chi connectivity index (χ1n) is 9.61. The number of carbonyl (C=O) groups excluding carboxylic acids is 1. The first-order chi connectivity index (χ1) is 14.4. The van der Waals surface area contributed by atoms with Crippen molar-refractivity contribution in [1.29, 1.82) is 0 Å². The summed E-state index contributed by atoms with van der Waals surface area (Å²) in [5.41, 5.74) is 2.09. The summed E-state index contributed by atoms with van der Waals surface area (Å²) in [6, 6.07) is 12.6. The maximum absolute atomic E-state index is 12.9. The third kappa shape index (κ3) is 4.83. The summed E-state index contributed by atoms with van der Waals surface area (Å²) in [4.78, 5) is 14.6. The predicted octanol–water partition coefficient (Wildman–Crippen LogP) is 2.77. The second-order valence-corrected chi connectivity index (χ2v) is 8.77. The molecule has 30 heavy (non-hydrogen) atoms. The molecule has 0 unspecified atom stereocenters. The van der Waals surface area contributed by atoms with Gasteiger partial charge in [0.25, 0.3) is 5.91 Å². The minimum Gasteiger partial charge on any atom is -0.496 e. The summed E-state index contributed by atoms with van der Waals surface area (Å²) in [5.74, 6) is 0.971. The molecule has 0 atom stereocenters. The molecule has 8 heteroatoms. The van der Waals surface area contributed by atoms with Crippen LogP contribution in [0.3, 0.4) is 0 Å². The molecule has 0 saturated carbocycles. The zero-order chi connectivity index (χ0) is 21.7. The molecular formula is C22H26N2O5S. The largest absolute Gasteiger partial charge is 0.496 e. The Bertz CT molecular complexity index is 1000. The number of methoxy groups -OCH3 is 2. The SMILES string of the molecule is COc1cc(C(=O)N2CCN(S(=O)(=O)/C=C/c3ccccc3)CC2)cc(OC)c1C. The van der Waals surface area contributed by atoms with Gasteiger partial charge in [-0.2, -0.15) is 4.31 Å². The van der Waals surface area contributed by atoms with Gasteiger partial charge in [0.1, 0.15) is 11.5 Å². The zero-order valence-corrected chi connectivity index (χ0v) is 18.2. The van der Waals surface area contributed by atoms with E-state index >= 15 is 0 Å². The van der Waals surface area contributed by atoms with Crippen molar-refractivity contribution >= 4 is 22.0 Å². The summed E-state index contributed by atoms with van der Waals surface area (Å²) in [7, 11) is -0.459. The number of nitrogens with zero attached hydrogens (tertiary/aromatic N) is 2. The quantitative estimate of drug-likeness (QED) is 0.704. The molecule has 7 nitrogen and oxygen atoms in total. The van der Waals surface area contributed by atoms with E-state index in [0.29, 0.717) is 30.2 Å². The number of hydrogen-bond donors (Lipinski definition) is 0. The van der Waals surface area contributed by atoms with Crippen LogP contribution >= 0.6 is 0 Å². The monoisotopic (exact) mass is 430 g/mol. The van der Waals surface area contributed by atoms with Crippen LogP contribution in [0.1, 0.15) is 21.5 Å². The average Bonchev–Trinajstić information content (AvgIpc) is 2.78. The molecule has 1 saturated heterocycles. The maximum Gasteiger partial charge on any atom is 0.254 e. The number of benzene rings is 2. The van der Waals surface area contributed by atoms with E-state index in [9.17, 15) is 13.2 Å². The zero-order valence-electron chi connectivity index (χ0n) is 17.4. The topological polar surface area (TPSA) is 76.2 Å². The van der Waals surface area contributed by atoms with Gasteiger partial charge in [0, 0.05) is 42.7 Å². The van der Waals surface area contributed by atoms with Gasteiger partial charge in [0.2, 0.25) is 10.0 Å². The van der Waals surface area contributed by atoms with Gasteiger partial charge in [-0.05, 0) is 30.7 Å². The van der Waals surface area contributed by atoms with E-state index in [1.54, 1.807) is 37.3 Å². The van der Waals surface area contributed by atoms with Crippen molar-refractivity contribution < 1.29 is 22.7 Å². The van der Waals surface area contributed by atoms with E-state index in [-0.39, 0.29) is 19.0 Å². The van der Waals surface area contributed by atoms with Crippen molar-refractivity contribution in [3.8, 4) is 11.5 Å². The summed E-state index contributed by atoms with van der Waals surface area (Å²) in [6.07, 6.45) is 1.58. The van der Waals surface area contributed by atoms with Gasteiger partial charge in [0.05, 0.1) is 14.2 Å². The second-order valence-electron chi connectivity index (χ2n) is 6.96. The van der Waals surface area contributed by atoms with Gasteiger partial charge in [-0.15, -0.1) is 0 Å². The lowest BCUT2D eigenvalue weighted by atomic mass is 10.1. The van der Waals surface area contributed by atoms with E-state index in [4.69, 9.17) is 9.47 Å². The molecule has 2 aromatic rings. The third-order valence-electron chi connectivity index (χ3n) is 5.12. The number of amides is 1. The van der Waals surface area contributed by atoms with Gasteiger partial charge >= 0.3 is 0 Å². The minimum absolute atomic E-state index is 0.177. The van der Waals surface area contributed by atoms with Crippen LogP contribution in [-0.4, -0.2) is 63.9 Å². The molecule has 0 aromatic heterocycles. The summed E-state index contributed by atoms with van der Waals surface area (Å²) < 4.78 is 37.3. The van der Waals surface area contributed by atoms with Gasteiger partial charge in [-0.1, -0.05) is 30.3 Å². The highest BCUT2D eigenvalue weighted by molar-refractivity contribution is 7.92. The minimum atomic E-state index is -3.55. The number of hydrogen-bond acceptors (Lipinski definition) is 5. The highest BCUT2D eigenvalue weighted by atomic mass is 32.2. The van der Waals surface area contributed by atoms with Crippen LogP contribution in [-0.2, 0) is 10.0 Å². The standard InChI is InChI=1S/C22H26N2O5S/c1-17-20(28-2)15-19(16-21(17)29-3)22(25)23-10-12-24(13-11-23)30(26,27)14-9-18-7-5-4-6-8-18/h4-9,14-16H,10-13H2,1-3H3/b14-9+. The summed E-state index contributed by atoms with van der Waals surface area (Å²) >= 11 is 0. The summed E-state index contributed by atoms with van der Waals surface area (Å²) in [6.45, 7) is 2.98.